The van der Waals surface area contributed by atoms with E-state index >= 15 is 0 Å². The smallest absolute Gasteiger partial charge is 0.335 e. The Kier molecular flexibility index (Phi) is 4.42. The van der Waals surface area contributed by atoms with Gasteiger partial charge in [-0.25, -0.2) is 4.79 Å². The molecule has 0 spiro atoms. The van der Waals surface area contributed by atoms with Crippen LogP contribution in [-0.2, 0) is 4.79 Å². The first-order chi connectivity index (χ1) is 9.06. The fraction of sp³-hybridized carbons (Fsp3) is 0.385. The van der Waals surface area contributed by atoms with Gasteiger partial charge in [0, 0.05) is 6.04 Å². The summed E-state index contributed by atoms with van der Waals surface area (Å²) in [6, 6.07) is 4.87. The van der Waals surface area contributed by atoms with Gasteiger partial charge in [0.05, 0.1) is 23.1 Å². The van der Waals surface area contributed by atoms with Crippen LogP contribution in [0.5, 0.6) is 5.75 Å². The van der Waals surface area contributed by atoms with E-state index in [0.717, 1.165) is 12.8 Å². The average Bonchev–Trinajstić information content (AvgIpc) is 3.14. The summed E-state index contributed by atoms with van der Waals surface area (Å²) >= 11 is 3.24. The third kappa shape index (κ3) is 4.24. The van der Waals surface area contributed by atoms with E-state index in [-0.39, 0.29) is 18.1 Å². The lowest BCUT2D eigenvalue weighted by Crippen LogP contribution is -2.26. The fourth-order valence-electron chi connectivity index (χ4n) is 1.53. The molecule has 1 aliphatic rings. The molecule has 1 amide bonds. The molecule has 102 valence electrons. The van der Waals surface area contributed by atoms with Crippen LogP contribution in [-0.4, -0.2) is 29.6 Å². The molecule has 5 nitrogen and oxygen atoms in total. The Morgan fingerprint density at radius 3 is 2.74 bits per heavy atom. The van der Waals surface area contributed by atoms with Gasteiger partial charge in [0.1, 0.15) is 5.75 Å². The number of amides is 1. The number of aromatic carboxylic acids is 1. The first-order valence-corrected chi connectivity index (χ1v) is 6.80. The summed E-state index contributed by atoms with van der Waals surface area (Å²) in [5, 5.41) is 11.7. The predicted octanol–water partition coefficient (Wildman–Crippen LogP) is 2.19. The van der Waals surface area contributed by atoms with Crippen LogP contribution in [0.3, 0.4) is 0 Å². The molecular formula is C13H14BrNO4. The molecule has 0 bridgehead atoms. The highest BCUT2D eigenvalue weighted by molar-refractivity contribution is 9.10. The molecule has 1 fully saturated rings. The second-order valence-corrected chi connectivity index (χ2v) is 5.24. The zero-order valence-electron chi connectivity index (χ0n) is 10.2. The topological polar surface area (TPSA) is 75.6 Å². The Bertz CT molecular complexity index is 499. The van der Waals surface area contributed by atoms with Gasteiger partial charge in [-0.1, -0.05) is 0 Å². The summed E-state index contributed by atoms with van der Waals surface area (Å²) in [6.45, 7) is 0.267. The number of carbonyl (C=O) groups is 2. The van der Waals surface area contributed by atoms with Crippen LogP contribution < -0.4 is 10.1 Å². The first kappa shape index (κ1) is 13.9. The van der Waals surface area contributed by atoms with Crippen LogP contribution in [0, 0.1) is 0 Å². The summed E-state index contributed by atoms with van der Waals surface area (Å²) in [5.74, 6) is -0.471. The number of rotatable bonds is 6. The van der Waals surface area contributed by atoms with Gasteiger partial charge in [-0.2, -0.15) is 0 Å². The van der Waals surface area contributed by atoms with Gasteiger partial charge < -0.3 is 15.2 Å². The van der Waals surface area contributed by atoms with Crippen LogP contribution >= 0.6 is 15.9 Å². The Morgan fingerprint density at radius 2 is 2.16 bits per heavy atom. The maximum atomic E-state index is 11.4. The molecule has 0 aromatic heterocycles. The van der Waals surface area contributed by atoms with Crippen molar-refractivity contribution in [2.24, 2.45) is 0 Å². The van der Waals surface area contributed by atoms with Gasteiger partial charge in [-0.3, -0.25) is 4.79 Å². The molecule has 0 unspecified atom stereocenters. The maximum Gasteiger partial charge on any atom is 0.335 e. The summed E-state index contributed by atoms with van der Waals surface area (Å²) < 4.78 is 6.01. The molecule has 0 heterocycles. The molecule has 1 aliphatic carbocycles. The molecule has 1 saturated carbocycles. The predicted molar refractivity (Wildman–Crippen MR) is 72.4 cm³/mol. The number of hydrogen-bond acceptors (Lipinski definition) is 3. The minimum absolute atomic E-state index is 0.0132. The molecule has 2 N–H and O–H groups in total. The van der Waals surface area contributed by atoms with Gasteiger partial charge >= 0.3 is 5.97 Å². The quantitative estimate of drug-likeness (QED) is 0.839. The minimum Gasteiger partial charge on any atom is -0.492 e. The molecule has 1 aromatic rings. The summed E-state index contributed by atoms with van der Waals surface area (Å²) in [5.41, 5.74) is 0.186. The molecule has 0 atom stereocenters. The van der Waals surface area contributed by atoms with Crippen molar-refractivity contribution in [2.75, 3.05) is 6.61 Å². The molecule has 2 rings (SSSR count). The number of carboxylic acid groups (broad SMARTS) is 1. The number of halogens is 1. The van der Waals surface area contributed by atoms with E-state index in [9.17, 15) is 9.59 Å². The number of benzene rings is 1. The number of hydrogen-bond donors (Lipinski definition) is 2. The average molecular weight is 328 g/mol. The normalized spacial score (nSPS) is 13.9. The van der Waals surface area contributed by atoms with Crippen LogP contribution in [0.25, 0.3) is 0 Å². The third-order valence-electron chi connectivity index (χ3n) is 2.71. The molecular weight excluding hydrogens is 314 g/mol. The van der Waals surface area contributed by atoms with E-state index < -0.39 is 5.97 Å². The van der Waals surface area contributed by atoms with Crippen LogP contribution in [0.4, 0.5) is 0 Å². The van der Waals surface area contributed by atoms with Gasteiger partial charge in [0.25, 0.3) is 0 Å². The van der Waals surface area contributed by atoms with E-state index in [1.54, 1.807) is 6.07 Å². The molecule has 0 saturated heterocycles. The molecule has 6 heteroatoms. The summed E-state index contributed by atoms with van der Waals surface area (Å²) in [6.07, 6.45) is 2.42. The zero-order chi connectivity index (χ0) is 13.8. The second kappa shape index (κ2) is 6.06. The lowest BCUT2D eigenvalue weighted by atomic mass is 10.2. The van der Waals surface area contributed by atoms with Crippen molar-refractivity contribution in [2.45, 2.75) is 25.3 Å². The van der Waals surface area contributed by atoms with E-state index in [1.165, 1.54) is 12.1 Å². The van der Waals surface area contributed by atoms with Crippen molar-refractivity contribution in [1.82, 2.24) is 5.32 Å². The van der Waals surface area contributed by atoms with Crippen molar-refractivity contribution in [3.8, 4) is 5.75 Å². The molecule has 0 aliphatic heterocycles. The van der Waals surface area contributed by atoms with Gasteiger partial charge in [0.2, 0.25) is 5.91 Å². The van der Waals surface area contributed by atoms with Gasteiger partial charge in [-0.15, -0.1) is 0 Å². The monoisotopic (exact) mass is 327 g/mol. The zero-order valence-corrected chi connectivity index (χ0v) is 11.8. The molecule has 0 radical (unpaired) electrons. The Labute approximate surface area is 119 Å². The highest BCUT2D eigenvalue weighted by atomic mass is 79.9. The van der Waals surface area contributed by atoms with Crippen LogP contribution in [0.1, 0.15) is 29.6 Å². The Balaban J connectivity index is 1.81. The van der Waals surface area contributed by atoms with Crippen LogP contribution in [0.15, 0.2) is 22.7 Å². The SMILES string of the molecule is O=C(CCOc1ccc(C(=O)O)cc1Br)NC1CC1. The summed E-state index contributed by atoms with van der Waals surface area (Å²) in [4.78, 5) is 22.2. The largest absolute Gasteiger partial charge is 0.492 e. The summed E-state index contributed by atoms with van der Waals surface area (Å²) in [7, 11) is 0. The van der Waals surface area contributed by atoms with Crippen molar-refractivity contribution in [3.63, 3.8) is 0 Å². The maximum absolute atomic E-state index is 11.4. The lowest BCUT2D eigenvalue weighted by molar-refractivity contribution is -0.121. The molecule has 19 heavy (non-hydrogen) atoms. The number of carbonyl (C=O) groups excluding carboxylic acids is 1. The standard InChI is InChI=1S/C13H14BrNO4/c14-10-7-8(13(17)18)1-4-11(10)19-6-5-12(16)15-9-2-3-9/h1,4,7,9H,2-3,5-6H2,(H,15,16)(H,17,18). The Hall–Kier alpha value is -1.56. The van der Waals surface area contributed by atoms with E-state index in [1.807, 2.05) is 0 Å². The van der Waals surface area contributed by atoms with E-state index in [4.69, 9.17) is 9.84 Å². The first-order valence-electron chi connectivity index (χ1n) is 6.01. The molecule has 1 aromatic carbocycles. The van der Waals surface area contributed by atoms with Crippen molar-refractivity contribution < 1.29 is 19.4 Å². The number of ether oxygens (including phenoxy) is 1. The lowest BCUT2D eigenvalue weighted by Gasteiger charge is -2.09. The van der Waals surface area contributed by atoms with Crippen molar-refractivity contribution in [3.05, 3.63) is 28.2 Å². The van der Waals surface area contributed by atoms with Crippen molar-refractivity contribution in [1.29, 1.82) is 0 Å². The van der Waals surface area contributed by atoms with Gasteiger partial charge in [0.15, 0.2) is 0 Å². The third-order valence-corrected chi connectivity index (χ3v) is 3.33. The van der Waals surface area contributed by atoms with E-state index in [2.05, 4.69) is 21.2 Å². The van der Waals surface area contributed by atoms with Gasteiger partial charge in [-0.05, 0) is 47.0 Å². The highest BCUT2D eigenvalue weighted by Gasteiger charge is 2.22. The second-order valence-electron chi connectivity index (χ2n) is 4.39. The Morgan fingerprint density at radius 1 is 1.42 bits per heavy atom. The number of nitrogens with one attached hydrogen (secondary N) is 1. The number of carboxylic acids is 1. The fourth-order valence-corrected chi connectivity index (χ4v) is 2.03. The van der Waals surface area contributed by atoms with Crippen molar-refractivity contribution >= 4 is 27.8 Å². The highest BCUT2D eigenvalue weighted by Crippen LogP contribution is 2.26. The minimum atomic E-state index is -0.990. The van der Waals surface area contributed by atoms with Crippen LogP contribution in [0.2, 0.25) is 0 Å². The van der Waals surface area contributed by atoms with E-state index in [0.29, 0.717) is 22.7 Å².